The third-order valence-corrected chi connectivity index (χ3v) is 5.31. The van der Waals surface area contributed by atoms with Crippen molar-refractivity contribution in [2.75, 3.05) is 0 Å². The van der Waals surface area contributed by atoms with Crippen LogP contribution >= 0.6 is 0 Å². The number of nitrogens with one attached hydrogen (secondary N) is 1. The highest BCUT2D eigenvalue weighted by molar-refractivity contribution is 7.89. The molecule has 1 atom stereocenters. The van der Waals surface area contributed by atoms with E-state index >= 15 is 0 Å². The smallest absolute Gasteiger partial charge is 0.208 e. The number of sulfonamides is 1. The maximum atomic E-state index is 12.6. The summed E-state index contributed by atoms with van der Waals surface area (Å²) in [6.07, 6.45) is 5.75. The van der Waals surface area contributed by atoms with E-state index in [0.29, 0.717) is 4.90 Å². The molecule has 4 heteroatoms. The van der Waals surface area contributed by atoms with Gasteiger partial charge in [-0.1, -0.05) is 51.0 Å². The van der Waals surface area contributed by atoms with E-state index in [1.807, 2.05) is 25.1 Å². The number of hydrogen-bond donors (Lipinski definition) is 1. The Morgan fingerprint density at radius 2 is 1.77 bits per heavy atom. The molecule has 0 aliphatic heterocycles. The van der Waals surface area contributed by atoms with Crippen LogP contribution in [0, 0.1) is 12.3 Å². The van der Waals surface area contributed by atoms with Crippen molar-refractivity contribution < 1.29 is 8.42 Å². The summed E-state index contributed by atoms with van der Waals surface area (Å²) in [4.78, 5) is 0.332. The van der Waals surface area contributed by atoms with Crippen molar-refractivity contribution in [3.8, 4) is 0 Å². The van der Waals surface area contributed by atoms with E-state index in [4.69, 9.17) is 0 Å². The predicted molar refractivity (Wildman–Crippen MR) is 93.4 cm³/mol. The van der Waals surface area contributed by atoms with Crippen molar-refractivity contribution in [3.63, 3.8) is 0 Å². The first-order valence-corrected chi connectivity index (χ1v) is 9.35. The molecule has 0 spiro atoms. The van der Waals surface area contributed by atoms with Crippen molar-refractivity contribution in [1.82, 2.24) is 4.72 Å². The van der Waals surface area contributed by atoms with Crippen LogP contribution in [0.1, 0.15) is 52.0 Å². The summed E-state index contributed by atoms with van der Waals surface area (Å²) < 4.78 is 28.0. The number of unbranched alkanes of at least 4 members (excludes halogenated alkanes) is 2. The van der Waals surface area contributed by atoms with Gasteiger partial charge in [0.1, 0.15) is 0 Å². The zero-order valence-corrected chi connectivity index (χ0v) is 15.0. The molecule has 1 N–H and O–H groups in total. The molecule has 0 radical (unpaired) electrons. The van der Waals surface area contributed by atoms with Gasteiger partial charge < -0.3 is 0 Å². The molecule has 0 aromatic heterocycles. The van der Waals surface area contributed by atoms with E-state index in [-0.39, 0.29) is 11.5 Å². The van der Waals surface area contributed by atoms with E-state index in [1.54, 1.807) is 12.1 Å². The minimum Gasteiger partial charge on any atom is -0.208 e. The van der Waals surface area contributed by atoms with Crippen LogP contribution in [0.2, 0.25) is 0 Å². The molecule has 0 heterocycles. The van der Waals surface area contributed by atoms with Gasteiger partial charge in [0.15, 0.2) is 0 Å². The molecular weight excluding hydrogens is 294 g/mol. The van der Waals surface area contributed by atoms with Gasteiger partial charge in [0, 0.05) is 6.04 Å². The Balaban J connectivity index is 2.83. The summed E-state index contributed by atoms with van der Waals surface area (Å²) in [7, 11) is -3.47. The molecule has 124 valence electrons. The summed E-state index contributed by atoms with van der Waals surface area (Å²) in [6.45, 7) is 11.9. The molecular formula is C18H29NO2S. The fourth-order valence-electron chi connectivity index (χ4n) is 2.28. The molecule has 0 aliphatic rings. The molecule has 1 aromatic carbocycles. The topological polar surface area (TPSA) is 46.2 Å². The Labute approximate surface area is 135 Å². The van der Waals surface area contributed by atoms with Gasteiger partial charge >= 0.3 is 0 Å². The van der Waals surface area contributed by atoms with E-state index < -0.39 is 10.0 Å². The third kappa shape index (κ3) is 5.93. The molecule has 0 bridgehead atoms. The maximum absolute atomic E-state index is 12.6. The largest absolute Gasteiger partial charge is 0.240 e. The average Bonchev–Trinajstić information content (AvgIpc) is 2.41. The second kappa shape index (κ2) is 7.93. The SMILES string of the molecule is C=CCCCCC(NS(=O)(=O)c1ccc(C)cc1)C(C)(C)C. The monoisotopic (exact) mass is 323 g/mol. The molecule has 1 unspecified atom stereocenters. The van der Waals surface area contributed by atoms with Crippen molar-refractivity contribution in [3.05, 3.63) is 42.5 Å². The highest BCUT2D eigenvalue weighted by Crippen LogP contribution is 2.25. The minimum absolute atomic E-state index is 0.0800. The highest BCUT2D eigenvalue weighted by Gasteiger charge is 2.29. The summed E-state index contributed by atoms with van der Waals surface area (Å²) in [5, 5.41) is 0. The van der Waals surface area contributed by atoms with Gasteiger partial charge in [-0.25, -0.2) is 13.1 Å². The average molecular weight is 324 g/mol. The van der Waals surface area contributed by atoms with Gasteiger partial charge in [0.25, 0.3) is 0 Å². The van der Waals surface area contributed by atoms with Gasteiger partial charge in [-0.15, -0.1) is 6.58 Å². The lowest BCUT2D eigenvalue weighted by molar-refractivity contribution is 0.279. The first-order chi connectivity index (χ1) is 10.2. The lowest BCUT2D eigenvalue weighted by Crippen LogP contribution is -2.43. The van der Waals surface area contributed by atoms with Gasteiger partial charge in [-0.2, -0.15) is 0 Å². The number of aryl methyl sites for hydroxylation is 1. The van der Waals surface area contributed by atoms with Crippen molar-refractivity contribution in [2.24, 2.45) is 5.41 Å². The fraction of sp³-hybridized carbons (Fsp3) is 0.556. The molecule has 0 amide bonds. The van der Waals surface area contributed by atoms with Gasteiger partial charge in [0.05, 0.1) is 4.90 Å². The third-order valence-electron chi connectivity index (χ3n) is 3.83. The van der Waals surface area contributed by atoms with Crippen molar-refractivity contribution >= 4 is 10.0 Å². The highest BCUT2D eigenvalue weighted by atomic mass is 32.2. The van der Waals surface area contributed by atoms with E-state index in [2.05, 4.69) is 32.1 Å². The number of allylic oxidation sites excluding steroid dienone is 1. The summed E-state index contributed by atoms with van der Waals surface area (Å²) in [5.41, 5.74) is 0.933. The number of rotatable bonds is 8. The lowest BCUT2D eigenvalue weighted by atomic mass is 9.84. The Morgan fingerprint density at radius 3 is 2.27 bits per heavy atom. The first-order valence-electron chi connectivity index (χ1n) is 7.87. The van der Waals surface area contributed by atoms with Crippen molar-refractivity contribution in [1.29, 1.82) is 0 Å². The predicted octanol–water partition coefficient (Wildman–Crippen LogP) is 4.43. The van der Waals surface area contributed by atoms with Crippen LogP contribution in [0.4, 0.5) is 0 Å². The minimum atomic E-state index is -3.47. The van der Waals surface area contributed by atoms with Crippen LogP contribution in [-0.2, 0) is 10.0 Å². The van der Waals surface area contributed by atoms with Gasteiger partial charge in [-0.05, 0) is 43.7 Å². The second-order valence-corrected chi connectivity index (χ2v) is 8.64. The Kier molecular flexibility index (Phi) is 6.82. The Bertz CT molecular complexity index is 568. The lowest BCUT2D eigenvalue weighted by Gasteiger charge is -2.31. The molecule has 1 rings (SSSR count). The van der Waals surface area contributed by atoms with Crippen LogP contribution < -0.4 is 4.72 Å². The Hall–Kier alpha value is -1.13. The summed E-state index contributed by atoms with van der Waals surface area (Å²) in [6, 6.07) is 6.89. The first kappa shape index (κ1) is 18.9. The van der Waals surface area contributed by atoms with Gasteiger partial charge in [0.2, 0.25) is 10.0 Å². The molecule has 0 saturated heterocycles. The number of benzene rings is 1. The van der Waals surface area contributed by atoms with E-state index in [9.17, 15) is 8.42 Å². The Morgan fingerprint density at radius 1 is 1.18 bits per heavy atom. The van der Waals surface area contributed by atoms with Crippen LogP contribution in [0.5, 0.6) is 0 Å². The van der Waals surface area contributed by atoms with Crippen LogP contribution in [0.25, 0.3) is 0 Å². The van der Waals surface area contributed by atoms with E-state index in [0.717, 1.165) is 31.2 Å². The quantitative estimate of drug-likeness (QED) is 0.568. The number of hydrogen-bond acceptors (Lipinski definition) is 2. The molecule has 3 nitrogen and oxygen atoms in total. The zero-order chi connectivity index (χ0) is 16.8. The summed E-state index contributed by atoms with van der Waals surface area (Å²) in [5.74, 6) is 0. The zero-order valence-electron chi connectivity index (χ0n) is 14.2. The second-order valence-electron chi connectivity index (χ2n) is 6.93. The molecule has 22 heavy (non-hydrogen) atoms. The van der Waals surface area contributed by atoms with Crippen molar-refractivity contribution in [2.45, 2.75) is 64.3 Å². The maximum Gasteiger partial charge on any atom is 0.240 e. The fourth-order valence-corrected chi connectivity index (χ4v) is 3.76. The van der Waals surface area contributed by atoms with Crippen LogP contribution in [0.15, 0.2) is 41.8 Å². The molecule has 0 fully saturated rings. The summed E-state index contributed by atoms with van der Waals surface area (Å²) >= 11 is 0. The molecule has 0 saturated carbocycles. The van der Waals surface area contributed by atoms with Crippen LogP contribution in [-0.4, -0.2) is 14.5 Å². The molecule has 0 aliphatic carbocycles. The van der Waals surface area contributed by atoms with Crippen LogP contribution in [0.3, 0.4) is 0 Å². The normalized spacial score (nSPS) is 13.8. The van der Waals surface area contributed by atoms with Gasteiger partial charge in [-0.3, -0.25) is 0 Å². The standard InChI is InChI=1S/C18H29NO2S/c1-6-7-8-9-10-17(18(3,4)5)19-22(20,21)16-13-11-15(2)12-14-16/h6,11-14,17,19H,1,7-10H2,2-5H3. The molecule has 1 aromatic rings. The van der Waals surface area contributed by atoms with E-state index in [1.165, 1.54) is 0 Å².